The highest BCUT2D eigenvalue weighted by Crippen LogP contribution is 2.27. The molecule has 100 heavy (non-hydrogen) atoms. The Balaban J connectivity index is 0.000000667. The van der Waals surface area contributed by atoms with Crippen molar-refractivity contribution in [2.45, 2.75) is 310 Å². The van der Waals surface area contributed by atoms with Gasteiger partial charge in [-0.2, -0.15) is 0 Å². The van der Waals surface area contributed by atoms with Crippen LogP contribution in [0.1, 0.15) is 348 Å². The van der Waals surface area contributed by atoms with Gasteiger partial charge in [0.2, 0.25) is 0 Å². The number of hydrogen-bond donors (Lipinski definition) is 8. The Hall–Kier alpha value is -7.60. The predicted octanol–water partition coefficient (Wildman–Crippen LogP) is 25.6. The van der Waals surface area contributed by atoms with Gasteiger partial charge in [-0.25, -0.2) is 19.2 Å². The maximum atomic E-state index is 11.2. The summed E-state index contributed by atoms with van der Waals surface area (Å²) in [5, 5.41) is 75.4. The van der Waals surface area contributed by atoms with Gasteiger partial charge in [-0.05, 0) is 175 Å². The van der Waals surface area contributed by atoms with Crippen LogP contribution in [0.5, 0.6) is 23.0 Å². The second kappa shape index (κ2) is 63.6. The maximum absolute atomic E-state index is 11.2. The summed E-state index contributed by atoms with van der Waals surface area (Å²) in [6.07, 6.45) is 76.3. The summed E-state index contributed by atoms with van der Waals surface area (Å²) in [5.41, 5.74) is 3.17. The van der Waals surface area contributed by atoms with Crippen LogP contribution < -0.4 is 0 Å². The molecule has 12 heteroatoms. The fourth-order valence-corrected chi connectivity index (χ4v) is 12.0. The third kappa shape index (κ3) is 46.7. The third-order valence-electron chi connectivity index (χ3n) is 17.7. The molecule has 4 aromatic rings. The molecule has 0 heterocycles. The fraction of sp³-hybridized carbons (Fsp3) is 0.545. The number of phenols is 4. The Morgan fingerprint density at radius 1 is 0.270 bits per heavy atom. The molecule has 4 rings (SSSR count). The number of carboxylic acids is 4. The summed E-state index contributed by atoms with van der Waals surface area (Å²) in [7, 11) is 0. The fourth-order valence-electron chi connectivity index (χ4n) is 12.0. The molecule has 0 radical (unpaired) electrons. The van der Waals surface area contributed by atoms with Crippen molar-refractivity contribution in [1.29, 1.82) is 0 Å². The minimum atomic E-state index is -1.06. The lowest BCUT2D eigenvalue weighted by Gasteiger charge is -2.08. The van der Waals surface area contributed by atoms with Crippen molar-refractivity contribution in [2.24, 2.45) is 0 Å². The van der Waals surface area contributed by atoms with E-state index < -0.39 is 23.9 Å². The van der Waals surface area contributed by atoms with Gasteiger partial charge in [0.15, 0.2) is 0 Å². The van der Waals surface area contributed by atoms with Crippen LogP contribution in [0.4, 0.5) is 0 Å². The normalized spacial score (nSPS) is 11.3. The van der Waals surface area contributed by atoms with Gasteiger partial charge in [-0.3, -0.25) is 0 Å². The minimum Gasteiger partial charge on any atom is -0.507 e. The molecule has 4 aromatic carbocycles. The van der Waals surface area contributed by atoms with E-state index in [1.54, 1.807) is 42.5 Å². The number of aromatic carboxylic acids is 4. The van der Waals surface area contributed by atoms with Crippen LogP contribution in [0.2, 0.25) is 0 Å². The third-order valence-corrected chi connectivity index (χ3v) is 17.7. The molecule has 556 valence electrons. The van der Waals surface area contributed by atoms with Gasteiger partial charge in [-0.1, -0.05) is 297 Å². The Morgan fingerprint density at radius 3 is 0.730 bits per heavy atom. The minimum absolute atomic E-state index is 0.0507. The van der Waals surface area contributed by atoms with Crippen molar-refractivity contribution in [3.8, 4) is 23.0 Å². The van der Waals surface area contributed by atoms with Gasteiger partial charge in [0.25, 0.3) is 0 Å². The number of carbonyl (C=O) groups is 4. The molecular formula is C88H132O12. The largest absolute Gasteiger partial charge is 0.507 e. The van der Waals surface area contributed by atoms with Crippen molar-refractivity contribution in [1.82, 2.24) is 0 Å². The summed E-state index contributed by atoms with van der Waals surface area (Å²) in [6, 6.07) is 19.8. The van der Waals surface area contributed by atoms with Gasteiger partial charge in [0, 0.05) is 0 Å². The number of benzene rings is 4. The van der Waals surface area contributed by atoms with E-state index in [0.29, 0.717) is 19.3 Å². The number of aryl methyl sites for hydroxylation is 4. The Kier molecular flexibility index (Phi) is 57.5. The van der Waals surface area contributed by atoms with Crippen LogP contribution in [-0.2, 0) is 25.7 Å². The van der Waals surface area contributed by atoms with Gasteiger partial charge in [0.05, 0.1) is 0 Å². The molecule has 0 saturated heterocycles. The zero-order valence-corrected chi connectivity index (χ0v) is 62.0. The van der Waals surface area contributed by atoms with Crippen molar-refractivity contribution < 1.29 is 60.0 Å². The molecule has 0 aliphatic carbocycles. The first-order chi connectivity index (χ1) is 48.7. The quantitative estimate of drug-likeness (QED) is 0.0152. The zero-order chi connectivity index (χ0) is 73.3. The average Bonchev–Trinajstić information content (AvgIpc) is 0.879. The smallest absolute Gasteiger partial charge is 0.339 e. The molecule has 0 saturated carbocycles. The lowest BCUT2D eigenvalue weighted by atomic mass is 9.99. The molecule has 0 amide bonds. The van der Waals surface area contributed by atoms with Gasteiger partial charge >= 0.3 is 23.9 Å². The Labute approximate surface area is 604 Å². The summed E-state index contributed by atoms with van der Waals surface area (Å²) in [6.45, 7) is 10.4. The van der Waals surface area contributed by atoms with Crippen LogP contribution >= 0.6 is 0 Å². The first kappa shape index (κ1) is 90.4. The second-order valence-corrected chi connectivity index (χ2v) is 26.4. The van der Waals surface area contributed by atoms with E-state index in [2.05, 4.69) is 88.1 Å². The zero-order valence-electron chi connectivity index (χ0n) is 62.0. The van der Waals surface area contributed by atoms with Crippen molar-refractivity contribution in [3.63, 3.8) is 0 Å². The van der Waals surface area contributed by atoms with E-state index in [1.165, 1.54) is 198 Å². The lowest BCUT2D eigenvalue weighted by Crippen LogP contribution is -2.03. The van der Waals surface area contributed by atoms with E-state index >= 15 is 0 Å². The number of hydrogen-bond acceptors (Lipinski definition) is 8. The summed E-state index contributed by atoms with van der Waals surface area (Å²) < 4.78 is 0. The van der Waals surface area contributed by atoms with Crippen LogP contribution in [0, 0.1) is 0 Å². The molecule has 0 unspecified atom stereocenters. The standard InChI is InChI=1S/C22H36O3.C22H34O3.C22H32O3.C22H30O3/c4*1-2-3-4-5-6-7-8-9-10-11-12-13-14-16-19-17-15-18-20(23)21(19)22(24)25/h15,17-18,23H,2-14,16H2,1H3,(H,24,25);7-8,15,17-18,23H,2-6,9-14,16H2,1H3,(H,24,25);4-5,7-8,15,17-18,23H,2-3,6,9-14,16H2,1H3,(H,24,25);2,4-5,7-8,15,17-18,23H,1,3,6,9-14,16H2,(H,24,25)/b;8-7+;2*5-4+,8-7+. The molecule has 0 aromatic heterocycles. The molecule has 8 N–H and O–H groups in total. The van der Waals surface area contributed by atoms with Crippen molar-refractivity contribution >= 4 is 23.9 Å². The number of unbranched alkanes of at least 4 members (excludes halogenated alkanes) is 32. The number of allylic oxidation sites excluding steroid dienone is 11. The summed E-state index contributed by atoms with van der Waals surface area (Å²) in [5.74, 6) is -4.73. The summed E-state index contributed by atoms with van der Waals surface area (Å²) >= 11 is 0. The Morgan fingerprint density at radius 2 is 0.480 bits per heavy atom. The van der Waals surface area contributed by atoms with E-state index in [9.17, 15) is 60.0 Å². The maximum Gasteiger partial charge on any atom is 0.339 e. The van der Waals surface area contributed by atoms with Crippen LogP contribution in [0.3, 0.4) is 0 Å². The first-order valence-corrected chi connectivity index (χ1v) is 38.7. The average molecular weight is 1380 g/mol. The topological polar surface area (TPSA) is 230 Å². The number of aromatic hydroxyl groups is 4. The van der Waals surface area contributed by atoms with Gasteiger partial charge < -0.3 is 40.9 Å². The number of rotatable bonds is 55. The van der Waals surface area contributed by atoms with E-state index in [4.69, 9.17) is 0 Å². The van der Waals surface area contributed by atoms with Gasteiger partial charge in [0.1, 0.15) is 45.3 Å². The molecule has 0 bridgehead atoms. The Bertz CT molecular complexity index is 2930. The van der Waals surface area contributed by atoms with Crippen molar-refractivity contribution in [2.75, 3.05) is 0 Å². The highest BCUT2D eigenvalue weighted by molar-refractivity contribution is 5.94. The second-order valence-electron chi connectivity index (χ2n) is 26.4. The van der Waals surface area contributed by atoms with Crippen LogP contribution in [-0.4, -0.2) is 64.7 Å². The molecule has 0 aliphatic rings. The lowest BCUT2D eigenvalue weighted by molar-refractivity contribution is 0.0681. The first-order valence-electron chi connectivity index (χ1n) is 38.7. The molecular weight excluding hydrogens is 1250 g/mol. The molecule has 0 fully saturated rings. The molecule has 12 nitrogen and oxygen atoms in total. The monoisotopic (exact) mass is 1380 g/mol. The highest BCUT2D eigenvalue weighted by Gasteiger charge is 2.18. The van der Waals surface area contributed by atoms with Crippen LogP contribution in [0.25, 0.3) is 0 Å². The van der Waals surface area contributed by atoms with E-state index in [0.717, 1.165) is 119 Å². The molecule has 0 aliphatic heterocycles. The number of carboxylic acid groups (broad SMARTS) is 4. The highest BCUT2D eigenvalue weighted by atomic mass is 16.4. The predicted molar refractivity (Wildman–Crippen MR) is 417 cm³/mol. The van der Waals surface area contributed by atoms with E-state index in [-0.39, 0.29) is 45.3 Å². The van der Waals surface area contributed by atoms with Crippen LogP contribution in [0.15, 0.2) is 146 Å². The van der Waals surface area contributed by atoms with Crippen molar-refractivity contribution in [3.05, 3.63) is 191 Å². The van der Waals surface area contributed by atoms with E-state index in [1.807, 2.05) is 12.1 Å². The molecule has 0 spiro atoms. The summed E-state index contributed by atoms with van der Waals surface area (Å²) in [4.78, 5) is 44.8. The molecule has 0 atom stereocenters. The van der Waals surface area contributed by atoms with Gasteiger partial charge in [-0.15, -0.1) is 6.58 Å². The SMILES string of the molecule is C=CC/C=C/C/C=C/CCCCCCCc1cccc(O)c1C(=O)O.CCC/C=C/C/C=C/CCCCCCCc1cccc(O)c1C(=O)O.CCCCCC/C=C/CCCCCCCc1cccc(O)c1C(=O)O.CCCCCCCCCCCCCCCc1cccc(O)c1C(=O)O.